The Morgan fingerprint density at radius 1 is 0.970 bits per heavy atom. The van der Waals surface area contributed by atoms with Gasteiger partial charge in [0.2, 0.25) is 18.0 Å². The fraction of sp³-hybridized carbons (Fsp3) is 0.432. The number of aromatic hydroxyl groups is 2. The van der Waals surface area contributed by atoms with Crippen molar-refractivity contribution in [3.63, 3.8) is 0 Å². The van der Waals surface area contributed by atoms with Crippen LogP contribution in [0.25, 0.3) is 17.1 Å². The second kappa shape index (κ2) is 19.8. The average Bonchev–Trinajstić information content (AvgIpc) is 3.83. The summed E-state index contributed by atoms with van der Waals surface area (Å²) in [7, 11) is 0. The molecule has 2 fully saturated rings. The summed E-state index contributed by atoms with van der Waals surface area (Å²) in [5.74, 6) is -5.61. The zero-order valence-electron chi connectivity index (χ0n) is 37.1. The summed E-state index contributed by atoms with van der Waals surface area (Å²) in [5.41, 5.74) is 0.127. The molecule has 2 aliphatic heterocycles. The van der Waals surface area contributed by atoms with Crippen LogP contribution in [0.1, 0.15) is 86.3 Å². The Kier molecular flexibility index (Phi) is 14.1. The number of nitrogens with zero attached hydrogens (tertiary/aromatic N) is 8. The molecule has 3 amide bonds. The highest BCUT2D eigenvalue weighted by Gasteiger charge is 2.59. The number of carbonyl (C=O) groups excluding carboxylic acids is 3. The van der Waals surface area contributed by atoms with Crippen LogP contribution < -0.4 is 31.3 Å². The van der Waals surface area contributed by atoms with E-state index in [0.717, 1.165) is 12.3 Å². The molecular weight excluding hydrogens is 881 g/mol. The molecule has 7 N–H and O–H groups in total. The van der Waals surface area contributed by atoms with E-state index in [2.05, 4.69) is 41.1 Å². The molecular formula is C44H51F2N11O10. The molecule has 3 aromatic heterocycles. The number of alkyl halides is 2. The van der Waals surface area contributed by atoms with E-state index in [1.165, 1.54) is 23.0 Å². The first-order valence-corrected chi connectivity index (χ1v) is 21.6. The van der Waals surface area contributed by atoms with E-state index in [-0.39, 0.29) is 46.7 Å². The molecule has 1 unspecified atom stereocenters. The third kappa shape index (κ3) is 10.0. The fourth-order valence-electron chi connectivity index (χ4n) is 7.73. The van der Waals surface area contributed by atoms with Crippen molar-refractivity contribution >= 4 is 29.4 Å². The van der Waals surface area contributed by atoms with Crippen LogP contribution >= 0.6 is 0 Å². The van der Waals surface area contributed by atoms with Crippen LogP contribution in [-0.4, -0.2) is 129 Å². The number of phenols is 2. The van der Waals surface area contributed by atoms with E-state index in [1.54, 1.807) is 51.1 Å². The van der Waals surface area contributed by atoms with Gasteiger partial charge in [-0.3, -0.25) is 23.5 Å². The summed E-state index contributed by atoms with van der Waals surface area (Å²) in [4.78, 5) is 66.6. The number of aliphatic hydroxyl groups is 2. The average molecular weight is 932 g/mol. The lowest BCUT2D eigenvalue weighted by atomic mass is 9.98. The van der Waals surface area contributed by atoms with Gasteiger partial charge in [-0.15, -0.1) is 10.2 Å². The van der Waals surface area contributed by atoms with Crippen molar-refractivity contribution in [1.29, 1.82) is 0 Å². The fourth-order valence-corrected chi connectivity index (χ4v) is 7.73. The van der Waals surface area contributed by atoms with Crippen LogP contribution in [-0.2, 0) is 9.53 Å². The molecule has 2 aliphatic rings. The van der Waals surface area contributed by atoms with Crippen LogP contribution in [0.4, 0.5) is 20.4 Å². The highest BCUT2D eigenvalue weighted by Crippen LogP contribution is 2.42. The Bertz CT molecular complexity index is 2650. The Morgan fingerprint density at radius 3 is 2.28 bits per heavy atom. The first-order chi connectivity index (χ1) is 31.9. The lowest BCUT2D eigenvalue weighted by molar-refractivity contribution is -0.141. The number of piperidine rings is 1. The van der Waals surface area contributed by atoms with Gasteiger partial charge >= 0.3 is 11.6 Å². The van der Waals surface area contributed by atoms with Crippen molar-refractivity contribution in [3.8, 4) is 34.3 Å². The number of anilines is 2. The van der Waals surface area contributed by atoms with Crippen LogP contribution in [0, 0.1) is 5.92 Å². The molecule has 0 radical (unpaired) electrons. The van der Waals surface area contributed by atoms with Crippen molar-refractivity contribution in [2.24, 2.45) is 5.92 Å². The van der Waals surface area contributed by atoms with Crippen LogP contribution in [0.15, 0.2) is 65.8 Å². The third-order valence-corrected chi connectivity index (χ3v) is 11.4. The summed E-state index contributed by atoms with van der Waals surface area (Å²) in [6.07, 6.45) is -1.47. The molecule has 2 saturated heterocycles. The summed E-state index contributed by atoms with van der Waals surface area (Å²) in [5, 5.41) is 56.5. The molecule has 356 valence electrons. The summed E-state index contributed by atoms with van der Waals surface area (Å²) in [6.45, 7) is 9.51. The smallest absolute Gasteiger partial charge is 0.351 e. The largest absolute Gasteiger partial charge is 0.508 e. The van der Waals surface area contributed by atoms with Gasteiger partial charge in [0.05, 0.1) is 24.6 Å². The maximum absolute atomic E-state index is 14.6. The Morgan fingerprint density at radius 2 is 1.69 bits per heavy atom. The number of benzene rings is 2. The number of rotatable bonds is 15. The number of hydrogen-bond acceptors (Lipinski definition) is 16. The molecule has 0 bridgehead atoms. The Hall–Kier alpha value is -7.11. The SMILES string of the molecule is CCNC(=O)c1nnc(-c2cc(C(C)C)c(O)cc2O)n1-c1ccc(OC2CCN(c3cnc(C(=O)N[C@H](C(=O)Nc4ccn([C@@H]5OC(CO)[C@@H](O)C5(F)F)c(=O)n4)C(C)C)cn3)CC2)cc1. The van der Waals surface area contributed by atoms with Crippen molar-refractivity contribution in [2.75, 3.05) is 36.5 Å². The number of amides is 3. The van der Waals surface area contributed by atoms with E-state index >= 15 is 0 Å². The quantitative estimate of drug-likeness (QED) is 0.0795. The van der Waals surface area contributed by atoms with E-state index in [0.29, 0.717) is 65.4 Å². The summed E-state index contributed by atoms with van der Waals surface area (Å²) < 4.78 is 42.5. The van der Waals surface area contributed by atoms with Crippen molar-refractivity contribution in [3.05, 3.63) is 88.6 Å². The maximum Gasteiger partial charge on any atom is 0.351 e. The number of hydrogen-bond donors (Lipinski definition) is 7. The second-order valence-electron chi connectivity index (χ2n) is 16.7. The lowest BCUT2D eigenvalue weighted by Crippen LogP contribution is -2.47. The normalized spacial score (nSPS) is 18.8. The number of phenolic OH excluding ortho intramolecular Hbond substituents is 2. The predicted molar refractivity (Wildman–Crippen MR) is 235 cm³/mol. The lowest BCUT2D eigenvalue weighted by Gasteiger charge is -2.32. The van der Waals surface area contributed by atoms with Gasteiger partial charge in [0, 0.05) is 50.4 Å². The molecule has 0 spiro atoms. The van der Waals surface area contributed by atoms with E-state index in [9.17, 15) is 48.4 Å². The van der Waals surface area contributed by atoms with E-state index in [1.807, 2.05) is 18.7 Å². The van der Waals surface area contributed by atoms with Crippen LogP contribution in [0.3, 0.4) is 0 Å². The topological polar surface area (TPSA) is 281 Å². The minimum atomic E-state index is -3.92. The highest BCUT2D eigenvalue weighted by atomic mass is 19.3. The monoisotopic (exact) mass is 931 g/mol. The third-order valence-electron chi connectivity index (χ3n) is 11.4. The highest BCUT2D eigenvalue weighted by molar-refractivity contribution is 6.00. The van der Waals surface area contributed by atoms with Gasteiger partial charge in [-0.1, -0.05) is 27.7 Å². The molecule has 2 aromatic carbocycles. The molecule has 7 rings (SSSR count). The minimum Gasteiger partial charge on any atom is -0.508 e. The number of aliphatic hydroxyl groups excluding tert-OH is 2. The number of ether oxygens (including phenoxy) is 2. The first kappa shape index (κ1) is 47.8. The molecule has 0 saturated carbocycles. The van der Waals surface area contributed by atoms with Gasteiger partial charge in [0.1, 0.15) is 52.8 Å². The van der Waals surface area contributed by atoms with Gasteiger partial charge in [-0.05, 0) is 60.7 Å². The van der Waals surface area contributed by atoms with E-state index < -0.39 is 66.3 Å². The number of carbonyl (C=O) groups is 3. The molecule has 5 heterocycles. The van der Waals surface area contributed by atoms with Gasteiger partial charge in [0.15, 0.2) is 11.9 Å². The molecule has 21 nitrogen and oxygen atoms in total. The minimum absolute atomic E-state index is 0.00638. The van der Waals surface area contributed by atoms with Gasteiger partial charge in [-0.2, -0.15) is 13.8 Å². The van der Waals surface area contributed by atoms with Crippen molar-refractivity contribution < 1.29 is 53.1 Å². The number of aromatic nitrogens is 7. The Labute approximate surface area is 381 Å². The molecule has 0 aliphatic carbocycles. The predicted octanol–water partition coefficient (Wildman–Crippen LogP) is 2.89. The van der Waals surface area contributed by atoms with Gasteiger partial charge in [-0.25, -0.2) is 14.8 Å². The standard InChI is InChI=1S/C44H51F2N11O10/c1-6-47-41(64)38-54-53-37(28-17-27(22(2)3)30(59)18-31(28)60)57(38)24-7-9-25(10-8-24)66-26-11-14-55(15-12-26)34-20-48-29(19-49-34)39(62)52-35(23(4)5)40(63)50-33-13-16-56(43(65)51-33)42-44(45,46)36(61)32(21-58)67-42/h7-10,13,16-20,22-23,26,32,35-36,42,58-61H,6,11-12,14-15,21H2,1-5H3,(H,47,64)(H,52,62)(H,50,51,63,65)/t32?,35-,36+,42+/m0/s1. The molecule has 5 aromatic rings. The Balaban J connectivity index is 0.946. The zero-order valence-corrected chi connectivity index (χ0v) is 37.1. The van der Waals surface area contributed by atoms with Gasteiger partial charge in [0.25, 0.3) is 11.8 Å². The van der Waals surface area contributed by atoms with Crippen LogP contribution in [0.2, 0.25) is 0 Å². The summed E-state index contributed by atoms with van der Waals surface area (Å²) >= 11 is 0. The number of halogens is 2. The molecule has 23 heteroatoms. The van der Waals surface area contributed by atoms with Crippen molar-refractivity contribution in [1.82, 2.24) is 44.9 Å². The summed E-state index contributed by atoms with van der Waals surface area (Å²) in [6, 6.07) is 9.86. The molecule has 67 heavy (non-hydrogen) atoms. The first-order valence-electron chi connectivity index (χ1n) is 21.6. The van der Waals surface area contributed by atoms with Crippen molar-refractivity contribution in [2.45, 2.75) is 89.9 Å². The second-order valence-corrected chi connectivity index (χ2v) is 16.7. The van der Waals surface area contributed by atoms with Crippen LogP contribution in [0.5, 0.6) is 17.2 Å². The zero-order chi connectivity index (χ0) is 48.3. The number of nitrogens with one attached hydrogen (secondary N) is 3. The van der Waals surface area contributed by atoms with Gasteiger partial charge < -0.3 is 50.8 Å². The maximum atomic E-state index is 14.6. The van der Waals surface area contributed by atoms with E-state index in [4.69, 9.17) is 9.47 Å². The molecule has 4 atom stereocenters.